The van der Waals surface area contributed by atoms with Gasteiger partial charge in [0.2, 0.25) is 0 Å². The normalized spacial score (nSPS) is 11.8. The van der Waals surface area contributed by atoms with Crippen LogP contribution in [0.15, 0.2) is 200 Å². The second-order valence-corrected chi connectivity index (χ2v) is 16.6. The quantitative estimate of drug-likeness (QED) is 0.162. The average Bonchev–Trinajstić information content (AvgIpc) is 3.86. The Morgan fingerprint density at radius 3 is 1.57 bits per heavy atom. The lowest BCUT2D eigenvalue weighted by molar-refractivity contribution is 1.19. The van der Waals surface area contributed by atoms with E-state index in [1.54, 1.807) is 0 Å². The number of fused-ring (bicyclic) bond motifs is 11. The Bertz CT molecular complexity index is 3830. The highest BCUT2D eigenvalue weighted by atomic mass is 32.1. The molecular weight excluding hydrogens is 787 g/mol. The number of para-hydroxylation sites is 1. The van der Waals surface area contributed by atoms with Gasteiger partial charge in [0.25, 0.3) is 0 Å². The predicted molar refractivity (Wildman–Crippen MR) is 263 cm³/mol. The second-order valence-electron chi connectivity index (χ2n) is 16.1. The van der Waals surface area contributed by atoms with Crippen LogP contribution in [-0.4, -0.2) is 23.7 Å². The number of hydrogen-bond acceptors (Lipinski definition) is 6. The summed E-state index contributed by atoms with van der Waals surface area (Å²) in [5, 5.41) is 12.6. The van der Waals surface area contributed by atoms with E-state index in [2.05, 4.69) is 188 Å². The van der Waals surface area contributed by atoms with Crippen molar-refractivity contribution in [1.82, 2.24) is 23.7 Å². The molecule has 6 heteroatoms. The molecule has 0 unspecified atom stereocenters. The van der Waals surface area contributed by atoms with Crippen LogP contribution in [-0.2, 0) is 0 Å². The summed E-state index contributed by atoms with van der Waals surface area (Å²) in [4.78, 5) is 16.1. The van der Waals surface area contributed by atoms with Gasteiger partial charge >= 0.3 is 0 Å². The molecular formula is C57H33N5S. The van der Waals surface area contributed by atoms with Crippen molar-refractivity contribution < 1.29 is 0 Å². The molecule has 0 aliphatic carbocycles. The fraction of sp³-hybridized carbons (Fsp3) is 0. The van der Waals surface area contributed by atoms with Crippen molar-refractivity contribution in [3.05, 3.63) is 200 Å². The standard InChI is InChI=1S/C57H33N5S/c1-2-14-36(15-3-1)54-49-32-46(55-56(62-63-61-55)53(49)45-24-12-13-25-50(45)58-54)34-26-28-35(29-27-34)51-33-52(47-30-37-16-4-6-18-39(37)41-20-8-10-22-43(41)47)60-57(59-51)48-31-38-17-5-7-19-40(38)42-21-9-11-23-44(42)48/h1-33H. The number of pyridine rings is 1. The predicted octanol–water partition coefficient (Wildman–Crippen LogP) is 15.1. The number of aromatic nitrogens is 5. The van der Waals surface area contributed by atoms with Gasteiger partial charge in [0.05, 0.1) is 34.3 Å². The first-order chi connectivity index (χ1) is 31.2. The lowest BCUT2D eigenvalue weighted by Crippen LogP contribution is -1.98. The first-order valence-corrected chi connectivity index (χ1v) is 21.8. The van der Waals surface area contributed by atoms with E-state index in [0.29, 0.717) is 5.82 Å². The molecule has 0 N–H and O–H groups in total. The Morgan fingerprint density at radius 2 is 0.857 bits per heavy atom. The Morgan fingerprint density at radius 1 is 0.317 bits per heavy atom. The van der Waals surface area contributed by atoms with Gasteiger partial charge in [0.15, 0.2) is 5.82 Å². The van der Waals surface area contributed by atoms with Gasteiger partial charge < -0.3 is 0 Å². The highest BCUT2D eigenvalue weighted by Crippen LogP contribution is 2.43. The minimum Gasteiger partial charge on any atom is -0.247 e. The van der Waals surface area contributed by atoms with E-state index in [9.17, 15) is 0 Å². The number of benzene rings is 10. The van der Waals surface area contributed by atoms with Gasteiger partial charge in [0.1, 0.15) is 11.0 Å². The molecule has 0 saturated heterocycles. The van der Waals surface area contributed by atoms with Crippen LogP contribution in [0.1, 0.15) is 0 Å². The molecule has 0 spiro atoms. The summed E-state index contributed by atoms with van der Waals surface area (Å²) in [6.07, 6.45) is 0. The zero-order chi connectivity index (χ0) is 41.4. The van der Waals surface area contributed by atoms with Gasteiger partial charge in [-0.05, 0) is 79.0 Å². The maximum atomic E-state index is 5.46. The Hall–Kier alpha value is -8.19. The Balaban J connectivity index is 1.03. The van der Waals surface area contributed by atoms with Crippen LogP contribution in [0.4, 0.5) is 0 Å². The summed E-state index contributed by atoms with van der Waals surface area (Å²) in [7, 11) is 0. The maximum Gasteiger partial charge on any atom is 0.161 e. The van der Waals surface area contributed by atoms with Crippen molar-refractivity contribution in [2.24, 2.45) is 0 Å². The summed E-state index contributed by atoms with van der Waals surface area (Å²) < 4.78 is 9.83. The fourth-order valence-electron chi connectivity index (χ4n) is 9.58. The Labute approximate surface area is 366 Å². The average molecular weight is 820 g/mol. The minimum absolute atomic E-state index is 0.684. The summed E-state index contributed by atoms with van der Waals surface area (Å²) in [6.45, 7) is 0. The van der Waals surface area contributed by atoms with Gasteiger partial charge in [-0.15, -0.1) is 0 Å². The molecule has 0 bridgehead atoms. The fourth-order valence-corrected chi connectivity index (χ4v) is 10.1. The summed E-state index contributed by atoms with van der Waals surface area (Å²) >= 11 is 1.25. The molecule has 292 valence electrons. The number of nitrogens with zero attached hydrogens (tertiary/aromatic N) is 5. The summed E-state index contributed by atoms with van der Waals surface area (Å²) in [5.74, 6) is 0.684. The number of hydrogen-bond donors (Lipinski definition) is 0. The first kappa shape index (κ1) is 35.6. The molecule has 0 aliphatic rings. The summed E-state index contributed by atoms with van der Waals surface area (Å²) in [6, 6.07) is 70.8. The zero-order valence-corrected chi connectivity index (χ0v) is 34.5. The van der Waals surface area contributed by atoms with Crippen LogP contribution >= 0.6 is 11.7 Å². The van der Waals surface area contributed by atoms with Gasteiger partial charge in [-0.1, -0.05) is 170 Å². The van der Waals surface area contributed by atoms with E-state index >= 15 is 0 Å². The molecule has 0 fully saturated rings. The van der Waals surface area contributed by atoms with E-state index < -0.39 is 0 Å². The maximum absolute atomic E-state index is 5.46. The molecule has 63 heavy (non-hydrogen) atoms. The molecule has 0 saturated carbocycles. The molecule has 0 aliphatic heterocycles. The number of rotatable bonds is 5. The lowest BCUT2D eigenvalue weighted by atomic mass is 9.93. The third kappa shape index (κ3) is 5.73. The van der Waals surface area contributed by atoms with E-state index in [1.807, 2.05) is 12.1 Å². The van der Waals surface area contributed by atoms with Crippen molar-refractivity contribution >= 4 is 87.5 Å². The van der Waals surface area contributed by atoms with Crippen LogP contribution in [0.2, 0.25) is 0 Å². The van der Waals surface area contributed by atoms with Crippen molar-refractivity contribution in [3.8, 4) is 56.3 Å². The zero-order valence-electron chi connectivity index (χ0n) is 33.7. The monoisotopic (exact) mass is 819 g/mol. The van der Waals surface area contributed by atoms with Crippen molar-refractivity contribution in [2.75, 3.05) is 0 Å². The van der Waals surface area contributed by atoms with Crippen LogP contribution in [0.5, 0.6) is 0 Å². The molecule has 13 rings (SSSR count). The molecule has 3 aromatic heterocycles. The van der Waals surface area contributed by atoms with Crippen LogP contribution in [0.3, 0.4) is 0 Å². The molecule has 0 atom stereocenters. The molecule has 0 radical (unpaired) electrons. The van der Waals surface area contributed by atoms with Crippen LogP contribution in [0.25, 0.3) is 132 Å². The largest absolute Gasteiger partial charge is 0.247 e. The van der Waals surface area contributed by atoms with Crippen molar-refractivity contribution in [2.45, 2.75) is 0 Å². The molecule has 5 nitrogen and oxygen atoms in total. The van der Waals surface area contributed by atoms with Gasteiger partial charge in [-0.2, -0.15) is 8.75 Å². The third-order valence-corrected chi connectivity index (χ3v) is 13.0. The highest BCUT2D eigenvalue weighted by Gasteiger charge is 2.21. The van der Waals surface area contributed by atoms with E-state index in [1.165, 1.54) is 38.7 Å². The van der Waals surface area contributed by atoms with E-state index in [0.717, 1.165) is 99.3 Å². The molecule has 13 aromatic rings. The summed E-state index contributed by atoms with van der Waals surface area (Å²) in [5.41, 5.74) is 11.5. The smallest absolute Gasteiger partial charge is 0.161 e. The second kappa shape index (κ2) is 14.2. The van der Waals surface area contributed by atoms with E-state index in [-0.39, 0.29) is 0 Å². The minimum atomic E-state index is 0.684. The van der Waals surface area contributed by atoms with Crippen molar-refractivity contribution in [1.29, 1.82) is 0 Å². The lowest BCUT2D eigenvalue weighted by Gasteiger charge is -2.15. The molecule has 3 heterocycles. The topological polar surface area (TPSA) is 64.5 Å². The highest BCUT2D eigenvalue weighted by molar-refractivity contribution is 7.00. The van der Waals surface area contributed by atoms with Crippen LogP contribution in [0, 0.1) is 0 Å². The van der Waals surface area contributed by atoms with Crippen molar-refractivity contribution in [3.63, 3.8) is 0 Å². The van der Waals surface area contributed by atoms with Crippen LogP contribution < -0.4 is 0 Å². The van der Waals surface area contributed by atoms with Gasteiger partial charge in [0, 0.05) is 44.0 Å². The SMILES string of the molecule is c1ccc(-c2nc3ccccc3c3c2cc(-c2ccc(-c4cc(-c5cc6ccccc6c6ccccc56)nc(-c5cc6ccccc6c6ccccc56)n4)cc2)c2nsnc23)cc1. The Kier molecular flexibility index (Phi) is 8.01. The molecule has 0 amide bonds. The van der Waals surface area contributed by atoms with E-state index in [4.69, 9.17) is 23.7 Å². The molecule has 10 aromatic carbocycles. The third-order valence-electron chi connectivity index (χ3n) is 12.5. The first-order valence-electron chi connectivity index (χ1n) is 21.1. The van der Waals surface area contributed by atoms with Gasteiger partial charge in [-0.3, -0.25) is 0 Å². The van der Waals surface area contributed by atoms with Gasteiger partial charge in [-0.25, -0.2) is 15.0 Å².